The molecule has 0 saturated heterocycles. The lowest BCUT2D eigenvalue weighted by molar-refractivity contribution is -0.114. The molecule has 1 aromatic heterocycles. The Bertz CT molecular complexity index is 571. The van der Waals surface area contributed by atoms with Gasteiger partial charge in [-0.25, -0.2) is 9.97 Å². The molecule has 0 radical (unpaired) electrons. The van der Waals surface area contributed by atoms with E-state index in [-0.39, 0.29) is 16.2 Å². The molecular weight excluding hydrogens is 249 g/mol. The first-order chi connectivity index (χ1) is 7.56. The number of hydrogen-bond donors (Lipinski definition) is 1. The molecule has 0 atom stereocenters. The Kier molecular flexibility index (Phi) is 2.94. The molecule has 1 heterocycles. The molecule has 0 unspecified atom stereocenters. The van der Waals surface area contributed by atoms with Crippen molar-refractivity contribution in [3.05, 3.63) is 28.5 Å². The van der Waals surface area contributed by atoms with E-state index in [2.05, 4.69) is 15.3 Å². The van der Waals surface area contributed by atoms with Crippen LogP contribution in [0.4, 0.5) is 5.69 Å². The van der Waals surface area contributed by atoms with Crippen LogP contribution in [0, 0.1) is 0 Å². The molecule has 6 heteroatoms. The zero-order chi connectivity index (χ0) is 11.7. The van der Waals surface area contributed by atoms with Crippen molar-refractivity contribution in [1.29, 1.82) is 0 Å². The number of nitrogens with zero attached hydrogens (tertiary/aromatic N) is 2. The van der Waals surface area contributed by atoms with Crippen molar-refractivity contribution in [2.75, 3.05) is 5.32 Å². The first kappa shape index (κ1) is 11.1. The van der Waals surface area contributed by atoms with E-state index in [0.717, 1.165) is 0 Å². The van der Waals surface area contributed by atoms with Crippen LogP contribution < -0.4 is 5.32 Å². The largest absolute Gasteiger partial charge is 0.326 e. The highest BCUT2D eigenvalue weighted by Gasteiger charge is 2.05. The molecular formula is C10H7Cl2N3O. The van der Waals surface area contributed by atoms with Gasteiger partial charge in [0.05, 0.1) is 11.0 Å². The molecule has 1 N–H and O–H groups in total. The maximum Gasteiger partial charge on any atom is 0.221 e. The number of hydrogen-bond acceptors (Lipinski definition) is 3. The summed E-state index contributed by atoms with van der Waals surface area (Å²) >= 11 is 11.5. The van der Waals surface area contributed by atoms with Crippen LogP contribution in [0.5, 0.6) is 0 Å². The molecule has 2 rings (SSSR count). The zero-order valence-electron chi connectivity index (χ0n) is 8.29. The summed E-state index contributed by atoms with van der Waals surface area (Å²) in [4.78, 5) is 19.0. The number of fused-ring (bicyclic) bond motifs is 1. The fraction of sp³-hybridized carbons (Fsp3) is 0.100. The Labute approximate surface area is 102 Å². The van der Waals surface area contributed by atoms with Gasteiger partial charge >= 0.3 is 0 Å². The minimum Gasteiger partial charge on any atom is -0.326 e. The number of halogens is 2. The molecule has 82 valence electrons. The van der Waals surface area contributed by atoms with Crippen LogP contribution in [0.15, 0.2) is 18.2 Å². The third-order valence-corrected chi connectivity index (χ3v) is 2.53. The lowest BCUT2D eigenvalue weighted by Crippen LogP contribution is -2.05. The second-order valence-corrected chi connectivity index (χ2v) is 3.91. The molecule has 0 aliphatic carbocycles. The summed E-state index contributed by atoms with van der Waals surface area (Å²) in [6, 6.07) is 5.13. The molecule has 0 saturated carbocycles. The van der Waals surface area contributed by atoms with E-state index in [1.54, 1.807) is 18.2 Å². The van der Waals surface area contributed by atoms with E-state index >= 15 is 0 Å². The van der Waals surface area contributed by atoms with Crippen LogP contribution in [0.25, 0.3) is 11.0 Å². The van der Waals surface area contributed by atoms with E-state index < -0.39 is 0 Å². The molecule has 4 nitrogen and oxygen atoms in total. The van der Waals surface area contributed by atoms with Crippen molar-refractivity contribution in [1.82, 2.24) is 9.97 Å². The third kappa shape index (κ3) is 2.23. The third-order valence-electron chi connectivity index (χ3n) is 1.90. The van der Waals surface area contributed by atoms with E-state index in [1.807, 2.05) is 0 Å². The van der Waals surface area contributed by atoms with Crippen LogP contribution in [0.2, 0.25) is 10.3 Å². The maximum absolute atomic E-state index is 10.9. The second kappa shape index (κ2) is 4.23. The van der Waals surface area contributed by atoms with Gasteiger partial charge in [0.25, 0.3) is 0 Å². The standard InChI is InChI=1S/C10H7Cl2N3O/c1-5(16)13-6-2-3-7-8(4-6)15-10(12)9(11)14-7/h2-4H,1H3,(H,13,16). The molecule has 1 aromatic carbocycles. The van der Waals surface area contributed by atoms with Crippen molar-refractivity contribution in [2.24, 2.45) is 0 Å². The lowest BCUT2D eigenvalue weighted by atomic mass is 10.2. The van der Waals surface area contributed by atoms with Crippen molar-refractivity contribution in [2.45, 2.75) is 6.92 Å². The topological polar surface area (TPSA) is 54.9 Å². The monoisotopic (exact) mass is 255 g/mol. The van der Waals surface area contributed by atoms with Gasteiger partial charge in [-0.2, -0.15) is 0 Å². The van der Waals surface area contributed by atoms with Gasteiger partial charge in [-0.15, -0.1) is 0 Å². The Morgan fingerprint density at radius 2 is 1.81 bits per heavy atom. The number of benzene rings is 1. The van der Waals surface area contributed by atoms with E-state index in [9.17, 15) is 4.79 Å². The number of nitrogens with one attached hydrogen (secondary N) is 1. The van der Waals surface area contributed by atoms with Crippen LogP contribution in [0.1, 0.15) is 6.92 Å². The van der Waals surface area contributed by atoms with Gasteiger partial charge in [-0.3, -0.25) is 4.79 Å². The number of rotatable bonds is 1. The van der Waals surface area contributed by atoms with Crippen molar-refractivity contribution >= 4 is 45.8 Å². The molecule has 0 aliphatic rings. The lowest BCUT2D eigenvalue weighted by Gasteiger charge is -2.04. The summed E-state index contributed by atoms with van der Waals surface area (Å²) in [7, 11) is 0. The summed E-state index contributed by atoms with van der Waals surface area (Å²) in [5.74, 6) is -0.146. The fourth-order valence-corrected chi connectivity index (χ4v) is 1.56. The Hall–Kier alpha value is -1.39. The maximum atomic E-state index is 10.9. The predicted octanol–water partition coefficient (Wildman–Crippen LogP) is 2.90. The SMILES string of the molecule is CC(=O)Nc1ccc2nc(Cl)c(Cl)nc2c1. The Morgan fingerprint density at radius 1 is 1.19 bits per heavy atom. The highest BCUT2D eigenvalue weighted by molar-refractivity contribution is 6.40. The predicted molar refractivity (Wildman–Crippen MR) is 63.9 cm³/mol. The molecule has 1 amide bonds. The number of aromatic nitrogens is 2. The summed E-state index contributed by atoms with van der Waals surface area (Å²) in [6.45, 7) is 1.44. The first-order valence-electron chi connectivity index (χ1n) is 4.46. The number of carbonyl (C=O) groups is 1. The first-order valence-corrected chi connectivity index (χ1v) is 5.22. The molecule has 0 bridgehead atoms. The number of anilines is 1. The van der Waals surface area contributed by atoms with Crippen LogP contribution >= 0.6 is 23.2 Å². The fourth-order valence-electron chi connectivity index (χ4n) is 1.29. The van der Waals surface area contributed by atoms with Crippen LogP contribution in [-0.4, -0.2) is 15.9 Å². The highest BCUT2D eigenvalue weighted by Crippen LogP contribution is 2.23. The number of carbonyl (C=O) groups excluding carboxylic acids is 1. The summed E-state index contributed by atoms with van der Waals surface area (Å²) < 4.78 is 0. The van der Waals surface area contributed by atoms with E-state index in [0.29, 0.717) is 16.7 Å². The minimum atomic E-state index is -0.146. The van der Waals surface area contributed by atoms with Gasteiger partial charge < -0.3 is 5.32 Å². The normalized spacial score (nSPS) is 10.4. The van der Waals surface area contributed by atoms with Crippen LogP contribution in [-0.2, 0) is 4.79 Å². The highest BCUT2D eigenvalue weighted by atomic mass is 35.5. The van der Waals surface area contributed by atoms with Gasteiger partial charge in [-0.05, 0) is 18.2 Å². The average Bonchev–Trinajstić information content (AvgIpc) is 2.19. The molecule has 16 heavy (non-hydrogen) atoms. The van der Waals surface area contributed by atoms with Gasteiger partial charge in [0.1, 0.15) is 0 Å². The summed E-state index contributed by atoms with van der Waals surface area (Å²) in [5, 5.41) is 2.96. The van der Waals surface area contributed by atoms with Gasteiger partial charge in [-0.1, -0.05) is 23.2 Å². The minimum absolute atomic E-state index is 0.146. The van der Waals surface area contributed by atoms with Gasteiger partial charge in [0.15, 0.2) is 10.3 Å². The van der Waals surface area contributed by atoms with E-state index in [4.69, 9.17) is 23.2 Å². The molecule has 2 aromatic rings. The smallest absolute Gasteiger partial charge is 0.221 e. The molecule has 0 fully saturated rings. The van der Waals surface area contributed by atoms with Crippen molar-refractivity contribution < 1.29 is 4.79 Å². The summed E-state index contributed by atoms with van der Waals surface area (Å²) in [5.41, 5.74) is 1.86. The van der Waals surface area contributed by atoms with Crippen molar-refractivity contribution in [3.63, 3.8) is 0 Å². The Morgan fingerprint density at radius 3 is 2.44 bits per heavy atom. The Balaban J connectivity index is 2.53. The molecule has 0 aliphatic heterocycles. The summed E-state index contributed by atoms with van der Waals surface area (Å²) in [6.07, 6.45) is 0. The van der Waals surface area contributed by atoms with Crippen LogP contribution in [0.3, 0.4) is 0 Å². The zero-order valence-corrected chi connectivity index (χ0v) is 9.80. The van der Waals surface area contributed by atoms with E-state index in [1.165, 1.54) is 6.92 Å². The van der Waals surface area contributed by atoms with Gasteiger partial charge in [0.2, 0.25) is 5.91 Å². The molecule has 0 spiro atoms. The average molecular weight is 256 g/mol. The van der Waals surface area contributed by atoms with Crippen molar-refractivity contribution in [3.8, 4) is 0 Å². The quantitative estimate of drug-likeness (QED) is 0.853. The second-order valence-electron chi connectivity index (χ2n) is 3.19. The number of amides is 1. The van der Waals surface area contributed by atoms with Gasteiger partial charge in [0, 0.05) is 12.6 Å².